The van der Waals surface area contributed by atoms with Crippen LogP contribution in [0.5, 0.6) is 5.75 Å². The first-order valence-electron chi connectivity index (χ1n) is 12.8. The highest BCUT2D eigenvalue weighted by atomic mass is 19.1. The molecular formula is C32H29F2NO3. The minimum atomic E-state index is -0.802. The highest BCUT2D eigenvalue weighted by Gasteiger charge is 2.48. The van der Waals surface area contributed by atoms with Crippen LogP contribution in [0.3, 0.4) is 0 Å². The Bertz CT molecular complexity index is 1390. The second-order valence-corrected chi connectivity index (χ2v) is 9.46. The number of rotatable bonds is 9. The minimum absolute atomic E-state index is 0.0681. The van der Waals surface area contributed by atoms with Crippen molar-refractivity contribution in [2.75, 3.05) is 11.5 Å². The normalized spacial score (nSPS) is 17.7. The Morgan fingerprint density at radius 1 is 0.868 bits per heavy atom. The molecule has 0 saturated carbocycles. The van der Waals surface area contributed by atoms with E-state index in [2.05, 4.69) is 0 Å². The number of aliphatic hydroxyl groups is 1. The molecule has 4 aromatic carbocycles. The van der Waals surface area contributed by atoms with Crippen molar-refractivity contribution >= 4 is 11.6 Å². The summed E-state index contributed by atoms with van der Waals surface area (Å²) in [5.74, 6) is -0.335. The standard InChI is InChI=1S/C32H29F2NO3/c1-2-38-28-5-3-4-24(20-28)21-6-8-23(9-7-21)31-29(18-19-30(36)22-10-12-25(33)13-11-22)32(37)35(31)27-16-14-26(34)15-17-27/h3-17,20,29-31,36H,2,18-19H2,1H3/t29?,30-,31+/m0/s1. The van der Waals surface area contributed by atoms with E-state index in [-0.39, 0.29) is 29.5 Å². The molecule has 38 heavy (non-hydrogen) atoms. The molecule has 1 fully saturated rings. The van der Waals surface area contributed by atoms with Crippen molar-refractivity contribution in [3.05, 3.63) is 120 Å². The first-order valence-corrected chi connectivity index (χ1v) is 12.8. The zero-order valence-electron chi connectivity index (χ0n) is 21.1. The molecule has 1 heterocycles. The zero-order valence-corrected chi connectivity index (χ0v) is 21.1. The predicted octanol–water partition coefficient (Wildman–Crippen LogP) is 7.25. The molecular weight excluding hydrogens is 484 g/mol. The molecule has 0 bridgehead atoms. The maximum atomic E-state index is 13.6. The van der Waals surface area contributed by atoms with E-state index in [1.54, 1.807) is 29.2 Å². The van der Waals surface area contributed by atoms with Crippen molar-refractivity contribution in [1.29, 1.82) is 0 Å². The summed E-state index contributed by atoms with van der Waals surface area (Å²) in [4.78, 5) is 15.0. The van der Waals surface area contributed by atoms with Crippen LogP contribution in [0.25, 0.3) is 11.1 Å². The van der Waals surface area contributed by atoms with Gasteiger partial charge in [-0.15, -0.1) is 0 Å². The number of hydrogen-bond acceptors (Lipinski definition) is 3. The van der Waals surface area contributed by atoms with Gasteiger partial charge in [-0.2, -0.15) is 0 Å². The molecule has 194 valence electrons. The van der Waals surface area contributed by atoms with Crippen LogP contribution in [0.15, 0.2) is 97.1 Å². The lowest BCUT2D eigenvalue weighted by atomic mass is 9.78. The number of β-lactam (4-membered cyclic amide) rings is 1. The fraction of sp³-hybridized carbons (Fsp3) is 0.219. The highest BCUT2D eigenvalue weighted by molar-refractivity contribution is 6.03. The third kappa shape index (κ3) is 5.31. The third-order valence-corrected chi connectivity index (χ3v) is 7.06. The van der Waals surface area contributed by atoms with Crippen molar-refractivity contribution in [3.8, 4) is 16.9 Å². The largest absolute Gasteiger partial charge is 0.494 e. The molecule has 6 heteroatoms. The molecule has 1 aliphatic rings. The molecule has 0 radical (unpaired) electrons. The van der Waals surface area contributed by atoms with E-state index in [9.17, 15) is 18.7 Å². The number of carbonyl (C=O) groups is 1. The first kappa shape index (κ1) is 25.6. The number of halogens is 2. The van der Waals surface area contributed by atoms with E-state index < -0.39 is 6.10 Å². The maximum absolute atomic E-state index is 13.6. The number of hydrogen-bond donors (Lipinski definition) is 1. The van der Waals surface area contributed by atoms with Gasteiger partial charge in [0, 0.05) is 5.69 Å². The van der Waals surface area contributed by atoms with Gasteiger partial charge in [-0.3, -0.25) is 4.79 Å². The van der Waals surface area contributed by atoms with Crippen LogP contribution >= 0.6 is 0 Å². The number of amides is 1. The van der Waals surface area contributed by atoms with Crippen LogP contribution in [0, 0.1) is 17.6 Å². The van der Waals surface area contributed by atoms with Crippen LogP contribution in [0.4, 0.5) is 14.5 Å². The Morgan fingerprint density at radius 2 is 1.53 bits per heavy atom. The van der Waals surface area contributed by atoms with Crippen LogP contribution in [0.1, 0.15) is 43.0 Å². The van der Waals surface area contributed by atoms with Crippen molar-refractivity contribution in [2.45, 2.75) is 31.9 Å². The summed E-state index contributed by atoms with van der Waals surface area (Å²) >= 11 is 0. The highest BCUT2D eigenvalue weighted by Crippen LogP contribution is 2.46. The van der Waals surface area contributed by atoms with E-state index in [4.69, 9.17) is 4.74 Å². The average molecular weight is 514 g/mol. The first-order chi connectivity index (χ1) is 18.4. The van der Waals surface area contributed by atoms with Crippen LogP contribution in [-0.2, 0) is 4.79 Å². The molecule has 1 N–H and O–H groups in total. The van der Waals surface area contributed by atoms with Gasteiger partial charge in [0.1, 0.15) is 17.4 Å². The molecule has 3 atom stereocenters. The van der Waals surface area contributed by atoms with Crippen molar-refractivity contribution in [3.63, 3.8) is 0 Å². The molecule has 1 saturated heterocycles. The number of carbonyl (C=O) groups excluding carboxylic acids is 1. The molecule has 5 rings (SSSR count). The van der Waals surface area contributed by atoms with Gasteiger partial charge in [-0.25, -0.2) is 8.78 Å². The van der Waals surface area contributed by atoms with Gasteiger partial charge in [0.05, 0.1) is 24.7 Å². The lowest BCUT2D eigenvalue weighted by Crippen LogP contribution is -2.55. The molecule has 1 amide bonds. The molecule has 4 nitrogen and oxygen atoms in total. The van der Waals surface area contributed by atoms with E-state index in [0.29, 0.717) is 30.7 Å². The van der Waals surface area contributed by atoms with Crippen molar-refractivity contribution in [1.82, 2.24) is 0 Å². The van der Waals surface area contributed by atoms with Gasteiger partial charge in [-0.1, -0.05) is 48.5 Å². The second kappa shape index (κ2) is 11.2. The Kier molecular flexibility index (Phi) is 7.52. The van der Waals surface area contributed by atoms with Crippen LogP contribution in [0.2, 0.25) is 0 Å². The summed E-state index contributed by atoms with van der Waals surface area (Å²) in [5, 5.41) is 10.7. The van der Waals surface area contributed by atoms with Gasteiger partial charge < -0.3 is 14.7 Å². The minimum Gasteiger partial charge on any atom is -0.494 e. The quantitative estimate of drug-likeness (QED) is 0.240. The van der Waals surface area contributed by atoms with Crippen LogP contribution < -0.4 is 9.64 Å². The molecule has 0 spiro atoms. The van der Waals surface area contributed by atoms with Gasteiger partial charge in [0.2, 0.25) is 5.91 Å². The topological polar surface area (TPSA) is 49.8 Å². The second-order valence-electron chi connectivity index (χ2n) is 9.46. The zero-order chi connectivity index (χ0) is 26.6. The van der Waals surface area contributed by atoms with Gasteiger partial charge in [0.25, 0.3) is 0 Å². The van der Waals surface area contributed by atoms with Crippen molar-refractivity contribution < 1.29 is 23.4 Å². The third-order valence-electron chi connectivity index (χ3n) is 7.06. The Balaban J connectivity index is 1.39. The molecule has 4 aromatic rings. The van der Waals surface area contributed by atoms with Crippen LogP contribution in [-0.4, -0.2) is 17.6 Å². The number of anilines is 1. The molecule has 1 aliphatic heterocycles. The van der Waals surface area contributed by atoms with Gasteiger partial charge in [0.15, 0.2) is 0 Å². The summed E-state index contributed by atoms with van der Waals surface area (Å²) in [7, 11) is 0. The molecule has 1 unspecified atom stereocenters. The summed E-state index contributed by atoms with van der Waals surface area (Å²) in [5.41, 5.74) is 4.26. The summed E-state index contributed by atoms with van der Waals surface area (Å²) < 4.78 is 32.5. The number of nitrogens with zero attached hydrogens (tertiary/aromatic N) is 1. The van der Waals surface area contributed by atoms with Gasteiger partial charge in [-0.05, 0) is 90.6 Å². The smallest absolute Gasteiger partial charge is 0.233 e. The molecule has 0 aromatic heterocycles. The fourth-order valence-electron chi connectivity index (χ4n) is 5.09. The summed E-state index contributed by atoms with van der Waals surface area (Å²) in [6, 6.07) is 27.4. The maximum Gasteiger partial charge on any atom is 0.233 e. The van der Waals surface area contributed by atoms with E-state index in [0.717, 1.165) is 22.4 Å². The lowest BCUT2D eigenvalue weighted by molar-refractivity contribution is -0.131. The monoisotopic (exact) mass is 513 g/mol. The SMILES string of the molecule is CCOc1cccc(-c2ccc([C@@H]3C(CC[C@H](O)c4ccc(F)cc4)C(=O)N3c3ccc(F)cc3)cc2)c1. The molecule has 0 aliphatic carbocycles. The summed E-state index contributed by atoms with van der Waals surface area (Å²) in [6.45, 7) is 2.54. The van der Waals surface area contributed by atoms with Crippen molar-refractivity contribution in [2.24, 2.45) is 5.92 Å². The summed E-state index contributed by atoms with van der Waals surface area (Å²) in [6.07, 6.45) is 0.0135. The number of benzene rings is 4. The average Bonchev–Trinajstić information content (AvgIpc) is 2.93. The Hall–Kier alpha value is -4.03. The number of ether oxygens (including phenoxy) is 1. The van der Waals surface area contributed by atoms with E-state index in [1.165, 1.54) is 24.3 Å². The van der Waals surface area contributed by atoms with E-state index in [1.807, 2.05) is 55.5 Å². The Morgan fingerprint density at radius 3 is 2.18 bits per heavy atom. The van der Waals surface area contributed by atoms with E-state index >= 15 is 0 Å². The fourth-order valence-corrected chi connectivity index (χ4v) is 5.09. The number of aliphatic hydroxyl groups excluding tert-OH is 1. The Labute approximate surface area is 221 Å². The van der Waals surface area contributed by atoms with Gasteiger partial charge >= 0.3 is 0 Å². The lowest BCUT2D eigenvalue weighted by Gasteiger charge is -2.48. The predicted molar refractivity (Wildman–Crippen MR) is 144 cm³/mol.